The molecule has 0 aromatic heterocycles. The number of rotatable bonds is 1. The van der Waals surface area contributed by atoms with E-state index in [1.54, 1.807) is 7.11 Å². The third-order valence-corrected chi connectivity index (χ3v) is 8.83. The molecule has 0 spiro atoms. The zero-order valence-electron chi connectivity index (χ0n) is 16.6. The largest absolute Gasteiger partial charge is 0.503 e. The first-order valence-electron chi connectivity index (χ1n) is 9.90. The van der Waals surface area contributed by atoms with Gasteiger partial charge in [-0.25, -0.2) is 0 Å². The lowest BCUT2D eigenvalue weighted by atomic mass is 9.44. The van der Waals surface area contributed by atoms with Crippen LogP contribution in [0.2, 0.25) is 0 Å². The lowest BCUT2D eigenvalue weighted by Gasteiger charge is -2.63. The van der Waals surface area contributed by atoms with Crippen LogP contribution in [0.1, 0.15) is 65.4 Å². The number of hydrogen-bond donors (Lipinski definition) is 1. The molecular formula is C22H31BrO3. The maximum absolute atomic E-state index is 10.5. The van der Waals surface area contributed by atoms with Crippen LogP contribution in [0.5, 0.6) is 17.2 Å². The normalized spacial score (nSPS) is 37.8. The predicted molar refractivity (Wildman–Crippen MR) is 107 cm³/mol. The molecule has 0 bridgehead atoms. The van der Waals surface area contributed by atoms with Gasteiger partial charge in [0.1, 0.15) is 11.4 Å². The average molecular weight is 423 g/mol. The molecule has 1 aromatic carbocycles. The summed E-state index contributed by atoms with van der Waals surface area (Å²) in [7, 11) is 1.58. The number of fused-ring (bicyclic) bond motifs is 4. The second-order valence-electron chi connectivity index (χ2n) is 9.83. The van der Waals surface area contributed by atoms with Crippen molar-refractivity contribution in [2.75, 3.05) is 7.11 Å². The van der Waals surface area contributed by atoms with Crippen molar-refractivity contribution in [2.45, 2.75) is 71.8 Å². The van der Waals surface area contributed by atoms with Crippen molar-refractivity contribution in [1.29, 1.82) is 0 Å². The molecule has 4 rings (SSSR count). The van der Waals surface area contributed by atoms with Crippen LogP contribution in [0.3, 0.4) is 0 Å². The molecule has 4 heteroatoms. The van der Waals surface area contributed by atoms with Crippen LogP contribution in [-0.4, -0.2) is 17.8 Å². The van der Waals surface area contributed by atoms with Gasteiger partial charge in [0.05, 0.1) is 11.6 Å². The van der Waals surface area contributed by atoms with Gasteiger partial charge in [-0.3, -0.25) is 0 Å². The van der Waals surface area contributed by atoms with E-state index in [-0.39, 0.29) is 16.8 Å². The maximum Gasteiger partial charge on any atom is 0.172 e. The fourth-order valence-corrected chi connectivity index (χ4v) is 7.26. The van der Waals surface area contributed by atoms with E-state index in [0.29, 0.717) is 17.1 Å². The number of methoxy groups -OCH3 is 1. The van der Waals surface area contributed by atoms with Crippen molar-refractivity contribution in [1.82, 2.24) is 0 Å². The Kier molecular flexibility index (Phi) is 4.12. The van der Waals surface area contributed by atoms with E-state index < -0.39 is 0 Å². The third kappa shape index (κ3) is 2.43. The quantitative estimate of drug-likeness (QED) is 0.593. The third-order valence-electron chi connectivity index (χ3n) is 7.98. The molecule has 1 N–H and O–H groups in total. The van der Waals surface area contributed by atoms with Gasteiger partial charge in [-0.05, 0) is 71.7 Å². The van der Waals surface area contributed by atoms with Gasteiger partial charge in [0.15, 0.2) is 11.5 Å². The molecule has 4 atom stereocenters. The molecule has 0 saturated heterocycles. The Labute approximate surface area is 165 Å². The Morgan fingerprint density at radius 1 is 1.15 bits per heavy atom. The van der Waals surface area contributed by atoms with Crippen molar-refractivity contribution < 1.29 is 14.6 Å². The summed E-state index contributed by atoms with van der Waals surface area (Å²) in [6.07, 6.45) is 7.20. The van der Waals surface area contributed by atoms with Gasteiger partial charge in [0.25, 0.3) is 0 Å². The number of phenols is 1. The summed E-state index contributed by atoms with van der Waals surface area (Å²) in [5.74, 6) is 2.71. The number of aromatic hydroxyl groups is 1. The van der Waals surface area contributed by atoms with Crippen molar-refractivity contribution in [2.24, 2.45) is 22.7 Å². The van der Waals surface area contributed by atoms with Crippen molar-refractivity contribution in [3.63, 3.8) is 0 Å². The predicted octanol–water partition coefficient (Wildman–Crippen LogP) is 6.10. The van der Waals surface area contributed by atoms with Crippen LogP contribution >= 0.6 is 15.9 Å². The van der Waals surface area contributed by atoms with Crippen LogP contribution in [0.4, 0.5) is 0 Å². The molecule has 0 radical (unpaired) electrons. The van der Waals surface area contributed by atoms with E-state index in [1.165, 1.54) is 25.7 Å². The van der Waals surface area contributed by atoms with Crippen LogP contribution < -0.4 is 9.47 Å². The topological polar surface area (TPSA) is 38.7 Å². The molecule has 0 unspecified atom stereocenters. The van der Waals surface area contributed by atoms with Crippen LogP contribution in [0, 0.1) is 22.7 Å². The molecular weight excluding hydrogens is 392 g/mol. The summed E-state index contributed by atoms with van der Waals surface area (Å²) in [6.45, 7) is 9.73. The van der Waals surface area contributed by atoms with Gasteiger partial charge in [-0.2, -0.15) is 0 Å². The molecule has 3 nitrogen and oxygen atoms in total. The van der Waals surface area contributed by atoms with Crippen LogP contribution in [0.15, 0.2) is 10.5 Å². The first-order chi connectivity index (χ1) is 12.1. The fraction of sp³-hybridized carbons (Fsp3) is 0.727. The minimum absolute atomic E-state index is 0.146. The van der Waals surface area contributed by atoms with Crippen LogP contribution in [-0.2, 0) is 6.42 Å². The van der Waals surface area contributed by atoms with E-state index in [4.69, 9.17) is 9.47 Å². The zero-order valence-corrected chi connectivity index (χ0v) is 18.2. The second-order valence-corrected chi connectivity index (χ2v) is 10.6. The van der Waals surface area contributed by atoms with E-state index >= 15 is 0 Å². The van der Waals surface area contributed by atoms with E-state index in [1.807, 2.05) is 6.07 Å². The Morgan fingerprint density at radius 2 is 1.88 bits per heavy atom. The number of phenolic OH excluding ortho intramolecular Hbond substituents is 1. The van der Waals surface area contributed by atoms with Gasteiger partial charge in [-0.15, -0.1) is 0 Å². The molecule has 1 aliphatic heterocycles. The van der Waals surface area contributed by atoms with E-state index in [0.717, 1.165) is 34.5 Å². The Morgan fingerprint density at radius 3 is 2.58 bits per heavy atom. The SMILES string of the molecule is COc1cc2c(c(Br)c1O)C[C@@H]1[C@@]3(C)CCCC(C)(C)[C@@H]3CC[C@@]1(C)O2. The highest BCUT2D eigenvalue weighted by Crippen LogP contribution is 2.65. The van der Waals surface area contributed by atoms with Gasteiger partial charge in [-0.1, -0.05) is 27.2 Å². The summed E-state index contributed by atoms with van der Waals surface area (Å²) >= 11 is 3.61. The summed E-state index contributed by atoms with van der Waals surface area (Å²) in [5, 5.41) is 10.5. The summed E-state index contributed by atoms with van der Waals surface area (Å²) < 4.78 is 12.7. The molecule has 26 heavy (non-hydrogen) atoms. The zero-order chi connectivity index (χ0) is 18.9. The smallest absolute Gasteiger partial charge is 0.172 e. The Balaban J connectivity index is 1.81. The first kappa shape index (κ1) is 18.5. The lowest BCUT2D eigenvalue weighted by Crippen LogP contribution is -2.61. The Hall–Kier alpha value is -0.900. The second kappa shape index (κ2) is 5.80. The molecule has 144 valence electrons. The standard InChI is InChI=1S/C22H31BrO3/c1-20(2)8-6-9-21(3)16(20)7-10-22(4)17(21)11-13-14(26-22)12-15(25-5)19(24)18(13)23/h12,16-17,24H,6-11H2,1-5H3/t16-,17+,21-,22+/m0/s1. The lowest BCUT2D eigenvalue weighted by molar-refractivity contribution is -0.162. The highest BCUT2D eigenvalue weighted by molar-refractivity contribution is 9.10. The minimum atomic E-state index is -0.146. The summed E-state index contributed by atoms with van der Waals surface area (Å²) in [5.41, 5.74) is 1.62. The maximum atomic E-state index is 10.5. The van der Waals surface area contributed by atoms with Gasteiger partial charge >= 0.3 is 0 Å². The number of ether oxygens (including phenoxy) is 2. The Bertz CT molecular complexity index is 743. The molecule has 3 aliphatic rings. The van der Waals surface area contributed by atoms with Crippen molar-refractivity contribution >= 4 is 15.9 Å². The van der Waals surface area contributed by atoms with Crippen molar-refractivity contribution in [3.8, 4) is 17.2 Å². The van der Waals surface area contributed by atoms with E-state index in [2.05, 4.69) is 43.6 Å². The molecule has 1 heterocycles. The van der Waals surface area contributed by atoms with Gasteiger partial charge in [0, 0.05) is 17.5 Å². The van der Waals surface area contributed by atoms with Crippen LogP contribution in [0.25, 0.3) is 0 Å². The number of hydrogen-bond acceptors (Lipinski definition) is 3. The highest BCUT2D eigenvalue weighted by Gasteiger charge is 2.60. The monoisotopic (exact) mass is 422 g/mol. The summed E-state index contributed by atoms with van der Waals surface area (Å²) in [6, 6.07) is 1.86. The van der Waals surface area contributed by atoms with Crippen molar-refractivity contribution in [3.05, 3.63) is 16.1 Å². The molecule has 2 aliphatic carbocycles. The molecule has 2 saturated carbocycles. The molecule has 1 aromatic rings. The fourth-order valence-electron chi connectivity index (χ4n) is 6.70. The minimum Gasteiger partial charge on any atom is -0.503 e. The van der Waals surface area contributed by atoms with Gasteiger partial charge < -0.3 is 14.6 Å². The van der Waals surface area contributed by atoms with Gasteiger partial charge in [0.2, 0.25) is 0 Å². The molecule has 2 fully saturated rings. The van der Waals surface area contributed by atoms with E-state index in [9.17, 15) is 5.11 Å². The number of halogens is 1. The summed E-state index contributed by atoms with van der Waals surface area (Å²) in [4.78, 5) is 0. The average Bonchev–Trinajstić information content (AvgIpc) is 2.56. The number of benzene rings is 1. The highest BCUT2D eigenvalue weighted by atomic mass is 79.9. The first-order valence-corrected chi connectivity index (χ1v) is 10.7. The molecule has 0 amide bonds.